The van der Waals surface area contributed by atoms with E-state index in [0.717, 1.165) is 112 Å². The predicted molar refractivity (Wildman–Crippen MR) is 180 cm³/mol. The van der Waals surface area contributed by atoms with E-state index < -0.39 is 5.66 Å². The predicted octanol–water partition coefficient (Wildman–Crippen LogP) is 3.75. The quantitative estimate of drug-likeness (QED) is 0.323. The third-order valence-electron chi connectivity index (χ3n) is 10.1. The summed E-state index contributed by atoms with van der Waals surface area (Å²) in [6, 6.07) is 12.3. The van der Waals surface area contributed by atoms with Gasteiger partial charge in [0, 0.05) is 112 Å². The molecule has 11 heteroatoms. The molecule has 1 aliphatic carbocycles. The third-order valence-corrected chi connectivity index (χ3v) is 10.1. The average Bonchev–Trinajstić information content (AvgIpc) is 3.71. The second-order valence-electron chi connectivity index (χ2n) is 12.7. The van der Waals surface area contributed by atoms with E-state index in [0.29, 0.717) is 5.82 Å². The van der Waals surface area contributed by atoms with E-state index in [-0.39, 0.29) is 5.92 Å². The minimum atomic E-state index is -0.652. The van der Waals surface area contributed by atoms with Crippen LogP contribution in [-0.4, -0.2) is 108 Å². The number of nitrogens with one attached hydrogen (secondary N) is 1. The van der Waals surface area contributed by atoms with Crippen molar-refractivity contribution in [3.05, 3.63) is 108 Å². The Bertz CT molecular complexity index is 1700. The number of hydrogen-bond donors (Lipinski definition) is 1. The highest BCUT2D eigenvalue weighted by Crippen LogP contribution is 2.60. The molecule has 0 radical (unpaired) electrons. The zero-order valence-corrected chi connectivity index (χ0v) is 26.7. The molecule has 2 unspecified atom stereocenters. The zero-order valence-electron chi connectivity index (χ0n) is 26.7. The van der Waals surface area contributed by atoms with E-state index in [4.69, 9.17) is 25.0 Å². The monoisotopic (exact) mass is 627 g/mol. The first-order valence-electron chi connectivity index (χ1n) is 17.0. The molecule has 3 fully saturated rings. The lowest BCUT2D eigenvalue weighted by atomic mass is 9.66. The first kappa shape index (κ1) is 29.9. The molecule has 4 aliphatic rings. The lowest BCUT2D eigenvalue weighted by Gasteiger charge is -2.59. The van der Waals surface area contributed by atoms with Crippen LogP contribution in [0, 0.1) is 0 Å². The third kappa shape index (κ3) is 5.32. The highest BCUT2D eigenvalue weighted by atomic mass is 15.4. The van der Waals surface area contributed by atoms with E-state index in [2.05, 4.69) is 48.3 Å². The Morgan fingerprint density at radius 2 is 1.40 bits per heavy atom. The number of nitrogens with zero attached hydrogens (tertiary/aromatic N) is 10. The van der Waals surface area contributed by atoms with Gasteiger partial charge in [0.25, 0.3) is 0 Å². The van der Waals surface area contributed by atoms with Gasteiger partial charge in [0.05, 0.1) is 28.7 Å². The van der Waals surface area contributed by atoms with Crippen LogP contribution >= 0.6 is 0 Å². The Balaban J connectivity index is 1.59. The summed E-state index contributed by atoms with van der Waals surface area (Å²) in [6.07, 6.45) is 18.6. The Hall–Kier alpha value is -4.45. The maximum atomic E-state index is 5.18. The molecule has 7 heterocycles. The summed E-state index contributed by atoms with van der Waals surface area (Å²) in [5, 5.41) is 12.9. The summed E-state index contributed by atoms with van der Waals surface area (Å²) >= 11 is 0. The number of piperazine rings is 1. The SMILES string of the molecule is c1ccc(C2=C(N3CCCCC3)C(c3ncccn3)=C(c3cccnn3)C(c3cnccn3)C2(N2CCCC2)N2CCNCC2)nc1. The van der Waals surface area contributed by atoms with Gasteiger partial charge in [0.1, 0.15) is 5.66 Å². The van der Waals surface area contributed by atoms with Crippen LogP contribution in [0.15, 0.2) is 85.5 Å². The van der Waals surface area contributed by atoms with Gasteiger partial charge < -0.3 is 10.2 Å². The zero-order chi connectivity index (χ0) is 31.5. The van der Waals surface area contributed by atoms with Crippen LogP contribution in [-0.2, 0) is 0 Å². The fourth-order valence-corrected chi connectivity index (χ4v) is 8.31. The van der Waals surface area contributed by atoms with Crippen molar-refractivity contribution in [1.29, 1.82) is 0 Å². The number of rotatable bonds is 7. The summed E-state index contributed by atoms with van der Waals surface area (Å²) in [4.78, 5) is 33.0. The van der Waals surface area contributed by atoms with Gasteiger partial charge in [-0.3, -0.25) is 24.8 Å². The Kier molecular flexibility index (Phi) is 8.50. The van der Waals surface area contributed by atoms with Crippen LogP contribution in [0.5, 0.6) is 0 Å². The summed E-state index contributed by atoms with van der Waals surface area (Å²) in [5.74, 6) is 0.375. The molecular weight excluding hydrogens is 586 g/mol. The smallest absolute Gasteiger partial charge is 0.161 e. The summed E-state index contributed by atoms with van der Waals surface area (Å²) in [6.45, 7) is 7.38. The largest absolute Gasteiger partial charge is 0.371 e. The number of allylic oxidation sites excluding steroid dienone is 1. The summed E-state index contributed by atoms with van der Waals surface area (Å²) in [7, 11) is 0. The minimum absolute atomic E-state index is 0.298. The van der Waals surface area contributed by atoms with E-state index in [9.17, 15) is 0 Å². The molecule has 47 heavy (non-hydrogen) atoms. The van der Waals surface area contributed by atoms with Crippen molar-refractivity contribution in [3.63, 3.8) is 0 Å². The summed E-state index contributed by atoms with van der Waals surface area (Å²) < 4.78 is 0. The molecule has 11 nitrogen and oxygen atoms in total. The van der Waals surface area contributed by atoms with Crippen LogP contribution in [0.25, 0.3) is 16.7 Å². The number of aromatic nitrogens is 7. The molecule has 3 saturated heterocycles. The van der Waals surface area contributed by atoms with Gasteiger partial charge in [-0.05, 0) is 62.4 Å². The van der Waals surface area contributed by atoms with Crippen LogP contribution in [0.4, 0.5) is 0 Å². The van der Waals surface area contributed by atoms with Crippen molar-refractivity contribution >= 4 is 16.7 Å². The van der Waals surface area contributed by atoms with Gasteiger partial charge in [-0.1, -0.05) is 6.07 Å². The first-order chi connectivity index (χ1) is 23.4. The fourth-order valence-electron chi connectivity index (χ4n) is 8.31. The van der Waals surface area contributed by atoms with Crippen molar-refractivity contribution in [2.75, 3.05) is 52.4 Å². The van der Waals surface area contributed by atoms with E-state index in [1.54, 1.807) is 12.4 Å². The van der Waals surface area contributed by atoms with Crippen molar-refractivity contribution in [2.24, 2.45) is 0 Å². The average molecular weight is 628 g/mol. The molecule has 4 aromatic heterocycles. The Morgan fingerprint density at radius 1 is 0.660 bits per heavy atom. The van der Waals surface area contributed by atoms with Crippen molar-refractivity contribution in [3.8, 4) is 0 Å². The van der Waals surface area contributed by atoms with Gasteiger partial charge in [0.2, 0.25) is 0 Å². The normalized spacial score (nSPS) is 24.6. The van der Waals surface area contributed by atoms with E-state index >= 15 is 0 Å². The molecule has 3 aliphatic heterocycles. The summed E-state index contributed by atoms with van der Waals surface area (Å²) in [5.41, 5.74) is 6.39. The minimum Gasteiger partial charge on any atom is -0.371 e. The molecule has 1 N–H and O–H groups in total. The van der Waals surface area contributed by atoms with Crippen LogP contribution in [0.2, 0.25) is 0 Å². The van der Waals surface area contributed by atoms with Gasteiger partial charge in [-0.15, -0.1) is 0 Å². The highest BCUT2D eigenvalue weighted by Gasteiger charge is 2.60. The molecular formula is C36H41N11. The maximum Gasteiger partial charge on any atom is 0.161 e. The number of likely N-dealkylation sites (tertiary alicyclic amines) is 2. The molecule has 0 bridgehead atoms. The van der Waals surface area contributed by atoms with Crippen LogP contribution in [0.1, 0.15) is 60.9 Å². The second kappa shape index (κ2) is 13.3. The van der Waals surface area contributed by atoms with E-state index in [1.807, 2.05) is 49.2 Å². The number of piperidine rings is 1. The molecule has 240 valence electrons. The van der Waals surface area contributed by atoms with E-state index in [1.165, 1.54) is 12.0 Å². The Morgan fingerprint density at radius 3 is 2.11 bits per heavy atom. The standard InChI is InChI=1S/C36H41N11/c1-4-20-45(21-5-1)34-31(35-41-13-9-14-42-35)30(27-11-8-15-43-44-27)32(29-26-38-16-17-40-29)36(46-22-6-7-23-46,47-24-18-37-19-25-47)33(34)28-10-2-3-12-39-28/h2-3,8-17,26,32,37H,1,4-7,18-25H2. The molecule has 0 saturated carbocycles. The molecule has 0 spiro atoms. The first-order valence-corrected chi connectivity index (χ1v) is 17.0. The maximum absolute atomic E-state index is 5.18. The van der Waals surface area contributed by atoms with Crippen molar-refractivity contribution in [1.82, 2.24) is 55.1 Å². The lowest BCUT2D eigenvalue weighted by molar-refractivity contribution is -0.0189. The molecule has 4 aromatic rings. The number of hydrogen-bond acceptors (Lipinski definition) is 11. The Labute approximate surface area is 275 Å². The topological polar surface area (TPSA) is 112 Å². The van der Waals surface area contributed by atoms with Gasteiger partial charge in [0.15, 0.2) is 5.82 Å². The van der Waals surface area contributed by atoms with Crippen molar-refractivity contribution < 1.29 is 0 Å². The van der Waals surface area contributed by atoms with Gasteiger partial charge in [-0.25, -0.2) is 9.97 Å². The number of pyridine rings is 1. The molecule has 2 atom stereocenters. The molecule has 0 aromatic carbocycles. The molecule has 0 amide bonds. The van der Waals surface area contributed by atoms with Crippen LogP contribution < -0.4 is 5.32 Å². The fraction of sp³-hybridized carbons (Fsp3) is 0.417. The van der Waals surface area contributed by atoms with Gasteiger partial charge >= 0.3 is 0 Å². The van der Waals surface area contributed by atoms with Gasteiger partial charge in [-0.2, -0.15) is 10.2 Å². The highest BCUT2D eigenvalue weighted by molar-refractivity contribution is 6.07. The van der Waals surface area contributed by atoms with Crippen molar-refractivity contribution in [2.45, 2.75) is 43.7 Å². The lowest BCUT2D eigenvalue weighted by Crippen LogP contribution is -2.68. The second-order valence-corrected chi connectivity index (χ2v) is 12.7. The molecule has 8 rings (SSSR count). The van der Waals surface area contributed by atoms with Crippen LogP contribution in [0.3, 0.4) is 0 Å².